The van der Waals surface area contributed by atoms with Crippen LogP contribution >= 0.6 is 15.9 Å². The zero-order valence-corrected chi connectivity index (χ0v) is 17.4. The van der Waals surface area contributed by atoms with Crippen molar-refractivity contribution in [3.63, 3.8) is 0 Å². The van der Waals surface area contributed by atoms with Crippen molar-refractivity contribution in [2.75, 3.05) is 0 Å². The van der Waals surface area contributed by atoms with Gasteiger partial charge in [0.15, 0.2) is 0 Å². The summed E-state index contributed by atoms with van der Waals surface area (Å²) in [7, 11) is 0. The van der Waals surface area contributed by atoms with Crippen molar-refractivity contribution in [2.24, 2.45) is 4.99 Å². The number of carboxylic acid groups (broad SMARTS) is 1. The summed E-state index contributed by atoms with van der Waals surface area (Å²) in [5.41, 5.74) is -4.48. The van der Waals surface area contributed by atoms with Gasteiger partial charge in [0.25, 0.3) is 5.56 Å². The molecule has 1 atom stereocenters. The number of halogens is 5. The maximum Gasteiger partial charge on any atom is 0.421 e. The van der Waals surface area contributed by atoms with Gasteiger partial charge in [0.1, 0.15) is 22.8 Å². The first-order chi connectivity index (χ1) is 15.0. The lowest BCUT2D eigenvalue weighted by Gasteiger charge is -2.29. The number of rotatable bonds is 2. The molecule has 0 spiro atoms. The molecule has 4 rings (SSSR count). The van der Waals surface area contributed by atoms with Crippen LogP contribution < -0.4 is 10.9 Å². The maximum atomic E-state index is 14.8. The van der Waals surface area contributed by atoms with Crippen LogP contribution in [0.4, 0.5) is 22.4 Å². The third kappa shape index (κ3) is 3.48. The molecule has 2 heterocycles. The van der Waals surface area contributed by atoms with Crippen LogP contribution in [-0.2, 0) is 11.7 Å². The SMILES string of the molecule is O=C(O)NC1=NC(c2cccc(Br)c2)(c2c[nH]c(=O)c(C(F)(F)F)c2)c2cccc(F)c21. The fourth-order valence-corrected chi connectivity index (χ4v) is 4.16. The molecule has 0 fully saturated rings. The van der Waals surface area contributed by atoms with Gasteiger partial charge in [0.2, 0.25) is 0 Å². The fraction of sp³-hybridized carbons (Fsp3) is 0.0952. The Morgan fingerprint density at radius 1 is 1.12 bits per heavy atom. The molecule has 11 heteroatoms. The number of carbonyl (C=O) groups is 1. The van der Waals surface area contributed by atoms with Crippen molar-refractivity contribution in [1.82, 2.24) is 10.3 Å². The Labute approximate surface area is 185 Å². The second-order valence-corrected chi connectivity index (χ2v) is 7.82. The highest BCUT2D eigenvalue weighted by Crippen LogP contribution is 2.47. The number of nitrogens with one attached hydrogen (secondary N) is 2. The fourth-order valence-electron chi connectivity index (χ4n) is 3.77. The minimum Gasteiger partial charge on any atom is -0.465 e. The first-order valence-electron chi connectivity index (χ1n) is 8.99. The molecule has 0 saturated carbocycles. The van der Waals surface area contributed by atoms with E-state index in [4.69, 9.17) is 0 Å². The van der Waals surface area contributed by atoms with E-state index in [1.807, 2.05) is 5.32 Å². The average molecular weight is 510 g/mol. The Morgan fingerprint density at radius 2 is 1.84 bits per heavy atom. The first-order valence-corrected chi connectivity index (χ1v) is 9.79. The quantitative estimate of drug-likeness (QED) is 0.440. The van der Waals surface area contributed by atoms with Gasteiger partial charge < -0.3 is 10.1 Å². The number of benzene rings is 2. The molecule has 0 bridgehead atoms. The minimum atomic E-state index is -4.96. The molecule has 3 aromatic rings. The van der Waals surface area contributed by atoms with E-state index in [9.17, 15) is 32.3 Å². The van der Waals surface area contributed by atoms with E-state index < -0.39 is 34.7 Å². The number of H-pyrrole nitrogens is 1. The van der Waals surface area contributed by atoms with Gasteiger partial charge in [0, 0.05) is 21.8 Å². The highest BCUT2D eigenvalue weighted by molar-refractivity contribution is 9.10. The van der Waals surface area contributed by atoms with E-state index in [1.54, 1.807) is 24.3 Å². The standard InChI is InChI=1S/C21H12BrF4N3O3/c22-12-4-1-3-10(7-12)20(11-8-14(21(24,25)26)18(30)27-9-11)13-5-2-6-15(23)16(13)17(29-20)28-19(31)32/h1-9H,(H,27,30)(H,28,29)(H,31,32). The number of aromatic nitrogens is 1. The molecule has 1 aliphatic rings. The molecule has 0 aliphatic carbocycles. The van der Waals surface area contributed by atoms with Gasteiger partial charge in [-0.1, -0.05) is 40.2 Å². The van der Waals surface area contributed by atoms with Gasteiger partial charge >= 0.3 is 12.3 Å². The predicted octanol–water partition coefficient (Wildman–Crippen LogP) is 4.62. The van der Waals surface area contributed by atoms with Crippen molar-refractivity contribution in [1.29, 1.82) is 0 Å². The molecular weight excluding hydrogens is 498 g/mol. The molecule has 2 aromatic carbocycles. The van der Waals surface area contributed by atoms with Gasteiger partial charge in [-0.3, -0.25) is 10.1 Å². The molecule has 0 saturated heterocycles. The zero-order valence-electron chi connectivity index (χ0n) is 15.8. The summed E-state index contributed by atoms with van der Waals surface area (Å²) in [6.07, 6.45) is -5.43. The number of aromatic amines is 1. The van der Waals surface area contributed by atoms with Gasteiger partial charge in [0.05, 0.1) is 5.56 Å². The molecular formula is C21H12BrF4N3O3. The van der Waals surface area contributed by atoms with Crippen molar-refractivity contribution >= 4 is 27.9 Å². The molecule has 1 aromatic heterocycles. The number of pyridine rings is 1. The van der Waals surface area contributed by atoms with E-state index >= 15 is 0 Å². The largest absolute Gasteiger partial charge is 0.465 e. The number of hydrogen-bond acceptors (Lipinski definition) is 3. The second-order valence-electron chi connectivity index (χ2n) is 6.90. The highest BCUT2D eigenvalue weighted by Gasteiger charge is 2.46. The minimum absolute atomic E-state index is 0.111. The number of fused-ring (bicyclic) bond motifs is 1. The van der Waals surface area contributed by atoms with E-state index in [-0.39, 0.29) is 22.5 Å². The third-order valence-corrected chi connectivity index (χ3v) is 5.51. The van der Waals surface area contributed by atoms with Crippen LogP contribution in [0.15, 0.2) is 69.0 Å². The van der Waals surface area contributed by atoms with Crippen molar-refractivity contribution < 1.29 is 27.5 Å². The van der Waals surface area contributed by atoms with Crippen LogP contribution in [0, 0.1) is 5.82 Å². The number of amides is 1. The Kier molecular flexibility index (Phi) is 5.16. The molecule has 32 heavy (non-hydrogen) atoms. The number of aliphatic imine (C=N–C) groups is 1. The molecule has 3 N–H and O–H groups in total. The number of alkyl halides is 3. The van der Waals surface area contributed by atoms with E-state index in [1.165, 1.54) is 12.1 Å². The molecule has 1 aliphatic heterocycles. The third-order valence-electron chi connectivity index (χ3n) is 5.01. The summed E-state index contributed by atoms with van der Waals surface area (Å²) in [6.45, 7) is 0. The van der Waals surface area contributed by atoms with E-state index in [0.29, 0.717) is 16.1 Å². The van der Waals surface area contributed by atoms with Crippen LogP contribution in [0.3, 0.4) is 0 Å². The lowest BCUT2D eigenvalue weighted by molar-refractivity contribution is -0.138. The van der Waals surface area contributed by atoms with E-state index in [2.05, 4.69) is 25.9 Å². The zero-order chi connectivity index (χ0) is 23.3. The van der Waals surface area contributed by atoms with Crippen LogP contribution in [0.1, 0.15) is 27.8 Å². The summed E-state index contributed by atoms with van der Waals surface area (Å²) in [5, 5.41) is 11.2. The Hall–Kier alpha value is -3.47. The number of hydrogen-bond donors (Lipinski definition) is 3. The van der Waals surface area contributed by atoms with Crippen LogP contribution in [0.2, 0.25) is 0 Å². The summed E-state index contributed by atoms with van der Waals surface area (Å²) in [5.74, 6) is -1.18. The van der Waals surface area contributed by atoms with Gasteiger partial charge in [-0.25, -0.2) is 14.2 Å². The molecule has 164 valence electrons. The van der Waals surface area contributed by atoms with Gasteiger partial charge in [-0.2, -0.15) is 13.2 Å². The molecule has 1 unspecified atom stereocenters. The molecule has 0 radical (unpaired) electrons. The van der Waals surface area contributed by atoms with Gasteiger partial charge in [-0.05, 0) is 29.8 Å². The Balaban J connectivity index is 2.14. The van der Waals surface area contributed by atoms with Gasteiger partial charge in [-0.15, -0.1) is 0 Å². The second kappa shape index (κ2) is 7.59. The predicted molar refractivity (Wildman–Crippen MR) is 110 cm³/mol. The van der Waals surface area contributed by atoms with E-state index in [0.717, 1.165) is 12.3 Å². The topological polar surface area (TPSA) is 94.5 Å². The van der Waals surface area contributed by atoms with Crippen LogP contribution in [0.25, 0.3) is 0 Å². The first kappa shape index (κ1) is 21.8. The average Bonchev–Trinajstić information content (AvgIpc) is 3.03. The summed E-state index contributed by atoms with van der Waals surface area (Å²) in [4.78, 5) is 29.7. The number of amidine groups is 1. The monoisotopic (exact) mass is 509 g/mol. The lowest BCUT2D eigenvalue weighted by Crippen LogP contribution is -2.30. The maximum absolute atomic E-state index is 14.8. The smallest absolute Gasteiger partial charge is 0.421 e. The number of nitrogens with zero attached hydrogens (tertiary/aromatic N) is 1. The molecule has 6 nitrogen and oxygen atoms in total. The lowest BCUT2D eigenvalue weighted by atomic mass is 9.78. The summed E-state index contributed by atoms with van der Waals surface area (Å²) < 4.78 is 55.9. The highest BCUT2D eigenvalue weighted by atomic mass is 79.9. The Bertz CT molecular complexity index is 1340. The van der Waals surface area contributed by atoms with Crippen molar-refractivity contribution in [3.8, 4) is 0 Å². The van der Waals surface area contributed by atoms with Crippen molar-refractivity contribution in [3.05, 3.63) is 103 Å². The normalized spacial score (nSPS) is 17.6. The van der Waals surface area contributed by atoms with Crippen molar-refractivity contribution in [2.45, 2.75) is 11.7 Å². The van der Waals surface area contributed by atoms with Crippen LogP contribution in [0.5, 0.6) is 0 Å². The summed E-state index contributed by atoms with van der Waals surface area (Å²) >= 11 is 3.30. The van der Waals surface area contributed by atoms with Crippen LogP contribution in [-0.4, -0.2) is 22.0 Å². The summed E-state index contributed by atoms with van der Waals surface area (Å²) in [6, 6.07) is 10.9. The molecule has 1 amide bonds. The Morgan fingerprint density at radius 3 is 2.50 bits per heavy atom.